The lowest BCUT2D eigenvalue weighted by molar-refractivity contribution is -0.139. The van der Waals surface area contributed by atoms with Crippen LogP contribution in [0.3, 0.4) is 0 Å². The summed E-state index contributed by atoms with van der Waals surface area (Å²) in [5.74, 6) is -0.980. The van der Waals surface area contributed by atoms with Gasteiger partial charge in [0.25, 0.3) is 5.91 Å². The normalized spacial score (nSPS) is 10.5. The number of carboxylic acids is 1. The van der Waals surface area contributed by atoms with Crippen LogP contribution in [0.15, 0.2) is 46.9 Å². The van der Waals surface area contributed by atoms with Gasteiger partial charge in [-0.2, -0.15) is 5.10 Å². The Kier molecular flexibility index (Phi) is 5.05. The van der Waals surface area contributed by atoms with Gasteiger partial charge in [0.05, 0.1) is 11.1 Å². The van der Waals surface area contributed by atoms with Crippen molar-refractivity contribution in [3.63, 3.8) is 0 Å². The third-order valence-corrected chi connectivity index (χ3v) is 3.25. The van der Waals surface area contributed by atoms with E-state index < -0.39 is 12.6 Å². The van der Waals surface area contributed by atoms with Gasteiger partial charge in [-0.15, -0.1) is 11.3 Å². The fourth-order valence-corrected chi connectivity index (χ4v) is 2.09. The highest BCUT2D eigenvalue weighted by molar-refractivity contribution is 7.12. The molecule has 1 heterocycles. The van der Waals surface area contributed by atoms with Gasteiger partial charge < -0.3 is 9.84 Å². The summed E-state index contributed by atoms with van der Waals surface area (Å²) >= 11 is 1.32. The number of benzene rings is 1. The van der Waals surface area contributed by atoms with Crippen LogP contribution in [0.5, 0.6) is 5.75 Å². The fourth-order valence-electron chi connectivity index (χ4n) is 1.48. The van der Waals surface area contributed by atoms with E-state index in [2.05, 4.69) is 10.5 Å². The maximum Gasteiger partial charge on any atom is 0.341 e. The predicted molar refractivity (Wildman–Crippen MR) is 79.0 cm³/mol. The van der Waals surface area contributed by atoms with Crippen molar-refractivity contribution in [3.8, 4) is 5.75 Å². The number of carbonyl (C=O) groups is 2. The van der Waals surface area contributed by atoms with Crippen LogP contribution in [0.2, 0.25) is 0 Å². The molecule has 6 nitrogen and oxygen atoms in total. The number of hydrogen-bond donors (Lipinski definition) is 2. The van der Waals surface area contributed by atoms with Crippen LogP contribution in [-0.4, -0.2) is 29.8 Å². The Bertz CT molecular complexity index is 653. The van der Waals surface area contributed by atoms with Gasteiger partial charge in [-0.25, -0.2) is 10.2 Å². The Morgan fingerprint density at radius 2 is 2.10 bits per heavy atom. The molecule has 2 aromatic rings. The van der Waals surface area contributed by atoms with Crippen LogP contribution in [-0.2, 0) is 4.79 Å². The first-order chi connectivity index (χ1) is 10.2. The predicted octanol–water partition coefficient (Wildman–Crippen LogP) is 1.98. The van der Waals surface area contributed by atoms with Crippen molar-refractivity contribution in [3.05, 3.63) is 52.2 Å². The molecule has 0 bridgehead atoms. The molecule has 2 rings (SSSR count). The van der Waals surface area contributed by atoms with E-state index >= 15 is 0 Å². The van der Waals surface area contributed by atoms with Gasteiger partial charge in [-0.1, -0.05) is 18.2 Å². The lowest BCUT2D eigenvalue weighted by Gasteiger charge is -2.06. The summed E-state index contributed by atoms with van der Waals surface area (Å²) in [4.78, 5) is 22.7. The highest BCUT2D eigenvalue weighted by atomic mass is 32.1. The number of nitrogens with zero attached hydrogens (tertiary/aromatic N) is 1. The minimum atomic E-state index is -1.06. The van der Waals surface area contributed by atoms with Crippen LogP contribution in [0.1, 0.15) is 15.2 Å². The first-order valence-corrected chi connectivity index (χ1v) is 6.85. The molecular formula is C14H12N2O4S. The van der Waals surface area contributed by atoms with Gasteiger partial charge >= 0.3 is 5.97 Å². The molecule has 0 aliphatic carbocycles. The van der Waals surface area contributed by atoms with Crippen LogP contribution < -0.4 is 10.2 Å². The molecule has 0 atom stereocenters. The summed E-state index contributed by atoms with van der Waals surface area (Å²) in [5, 5.41) is 14.2. The second-order valence-electron chi connectivity index (χ2n) is 3.90. The molecule has 1 aromatic carbocycles. The Morgan fingerprint density at radius 3 is 2.81 bits per heavy atom. The van der Waals surface area contributed by atoms with E-state index in [0.29, 0.717) is 16.2 Å². The zero-order valence-electron chi connectivity index (χ0n) is 10.9. The minimum Gasteiger partial charge on any atom is -0.481 e. The number of carbonyl (C=O) groups excluding carboxylic acids is 1. The van der Waals surface area contributed by atoms with Crippen LogP contribution in [0.4, 0.5) is 0 Å². The number of aliphatic carboxylic acids is 1. The standard InChI is InChI=1S/C14H12N2O4S/c17-13(18)9-20-11-5-2-1-4-10(11)8-15-16-14(19)12-6-3-7-21-12/h1-8H,9H2,(H,16,19)(H,17,18)/b15-8-. The van der Waals surface area contributed by atoms with Crippen molar-refractivity contribution in [2.24, 2.45) is 5.10 Å². The smallest absolute Gasteiger partial charge is 0.341 e. The average molecular weight is 304 g/mol. The van der Waals surface area contributed by atoms with E-state index in [9.17, 15) is 9.59 Å². The number of hydrazone groups is 1. The highest BCUT2D eigenvalue weighted by Crippen LogP contribution is 2.15. The van der Waals surface area contributed by atoms with Crippen molar-refractivity contribution in [2.45, 2.75) is 0 Å². The van der Waals surface area contributed by atoms with E-state index in [1.54, 1.807) is 41.8 Å². The third kappa shape index (κ3) is 4.43. The van der Waals surface area contributed by atoms with E-state index in [4.69, 9.17) is 9.84 Å². The van der Waals surface area contributed by atoms with E-state index in [0.717, 1.165) is 0 Å². The minimum absolute atomic E-state index is 0.301. The van der Waals surface area contributed by atoms with Gasteiger partial charge in [0.15, 0.2) is 6.61 Å². The number of carboxylic acid groups (broad SMARTS) is 1. The molecule has 0 unspecified atom stereocenters. The average Bonchev–Trinajstić information content (AvgIpc) is 3.00. The number of amides is 1. The first-order valence-electron chi connectivity index (χ1n) is 5.97. The van der Waals surface area contributed by atoms with Gasteiger partial charge in [0.2, 0.25) is 0 Å². The second-order valence-corrected chi connectivity index (χ2v) is 4.84. The number of ether oxygens (including phenoxy) is 1. The van der Waals surface area contributed by atoms with Crippen LogP contribution >= 0.6 is 11.3 Å². The van der Waals surface area contributed by atoms with Crippen molar-refractivity contribution < 1.29 is 19.4 Å². The molecule has 1 amide bonds. The summed E-state index contributed by atoms with van der Waals surface area (Å²) in [7, 11) is 0. The van der Waals surface area contributed by atoms with Crippen LogP contribution in [0.25, 0.3) is 0 Å². The fraction of sp³-hybridized carbons (Fsp3) is 0.0714. The van der Waals surface area contributed by atoms with Crippen molar-refractivity contribution in [1.82, 2.24) is 5.43 Å². The Balaban J connectivity index is 2.00. The summed E-state index contributed by atoms with van der Waals surface area (Å²) in [5.41, 5.74) is 2.97. The van der Waals surface area contributed by atoms with E-state index in [1.165, 1.54) is 17.6 Å². The third-order valence-electron chi connectivity index (χ3n) is 2.38. The van der Waals surface area contributed by atoms with Gasteiger partial charge in [0, 0.05) is 5.56 Å². The van der Waals surface area contributed by atoms with Gasteiger partial charge in [-0.3, -0.25) is 4.79 Å². The zero-order chi connectivity index (χ0) is 15.1. The van der Waals surface area contributed by atoms with Gasteiger partial charge in [-0.05, 0) is 23.6 Å². The topological polar surface area (TPSA) is 88.0 Å². The molecule has 21 heavy (non-hydrogen) atoms. The SMILES string of the molecule is O=C(O)COc1ccccc1/C=N\NC(=O)c1cccs1. The molecule has 2 N–H and O–H groups in total. The quantitative estimate of drug-likeness (QED) is 0.631. The summed E-state index contributed by atoms with van der Waals surface area (Å²) in [6.07, 6.45) is 1.41. The monoisotopic (exact) mass is 304 g/mol. The van der Waals surface area contributed by atoms with E-state index in [-0.39, 0.29) is 5.91 Å². The van der Waals surface area contributed by atoms with Crippen molar-refractivity contribution >= 4 is 29.4 Å². The molecule has 0 saturated carbocycles. The van der Waals surface area contributed by atoms with E-state index in [1.807, 2.05) is 0 Å². The largest absolute Gasteiger partial charge is 0.481 e. The molecule has 1 aromatic heterocycles. The number of rotatable bonds is 6. The second kappa shape index (κ2) is 7.20. The molecule has 0 aliphatic rings. The maximum absolute atomic E-state index is 11.7. The number of hydrogen-bond acceptors (Lipinski definition) is 5. The molecule has 0 saturated heterocycles. The Hall–Kier alpha value is -2.67. The molecular weight excluding hydrogens is 292 g/mol. The molecule has 0 radical (unpaired) electrons. The zero-order valence-corrected chi connectivity index (χ0v) is 11.7. The number of para-hydroxylation sites is 1. The summed E-state index contributed by atoms with van der Waals surface area (Å²) in [6.45, 7) is -0.438. The Labute approximate surface area is 124 Å². The first kappa shape index (κ1) is 14.7. The van der Waals surface area contributed by atoms with Crippen molar-refractivity contribution in [1.29, 1.82) is 0 Å². The molecule has 108 valence electrons. The lowest BCUT2D eigenvalue weighted by atomic mass is 10.2. The number of nitrogens with one attached hydrogen (secondary N) is 1. The number of thiophene rings is 1. The molecule has 0 fully saturated rings. The maximum atomic E-state index is 11.7. The Morgan fingerprint density at radius 1 is 1.29 bits per heavy atom. The molecule has 7 heteroatoms. The van der Waals surface area contributed by atoms with Gasteiger partial charge in [0.1, 0.15) is 5.75 Å². The molecule has 0 aliphatic heterocycles. The summed E-state index contributed by atoms with van der Waals surface area (Å²) in [6, 6.07) is 10.3. The van der Waals surface area contributed by atoms with Crippen molar-refractivity contribution in [2.75, 3.05) is 6.61 Å². The van der Waals surface area contributed by atoms with Crippen LogP contribution in [0, 0.1) is 0 Å². The lowest BCUT2D eigenvalue weighted by Crippen LogP contribution is -2.16. The highest BCUT2D eigenvalue weighted by Gasteiger charge is 2.05. The molecule has 0 spiro atoms. The summed E-state index contributed by atoms with van der Waals surface area (Å²) < 4.78 is 5.13.